The van der Waals surface area contributed by atoms with E-state index in [-0.39, 0.29) is 0 Å². The van der Waals surface area contributed by atoms with Crippen molar-refractivity contribution in [3.8, 4) is 0 Å². The van der Waals surface area contributed by atoms with Crippen molar-refractivity contribution in [2.45, 2.75) is 13.8 Å². The maximum atomic E-state index is 5.00. The Morgan fingerprint density at radius 3 is 2.70 bits per heavy atom. The van der Waals surface area contributed by atoms with E-state index in [1.807, 2.05) is 13.8 Å². The lowest BCUT2D eigenvalue weighted by Crippen LogP contribution is -2.23. The van der Waals surface area contributed by atoms with Gasteiger partial charge in [-0.3, -0.25) is 4.84 Å². The summed E-state index contributed by atoms with van der Waals surface area (Å²) in [5, 5.41) is 9.42. The number of allylic oxidation sites excluding steroid dienone is 2. The van der Waals surface area contributed by atoms with Gasteiger partial charge in [0.1, 0.15) is 0 Å². The fourth-order valence-corrected chi connectivity index (χ4v) is 0.749. The van der Waals surface area contributed by atoms with E-state index in [2.05, 4.69) is 10.2 Å². The van der Waals surface area contributed by atoms with E-state index in [0.29, 0.717) is 6.67 Å². The zero-order valence-corrected chi connectivity index (χ0v) is 6.46. The first kappa shape index (κ1) is 7.21. The van der Waals surface area contributed by atoms with Crippen LogP contribution in [0.4, 0.5) is 0 Å². The third-order valence-corrected chi connectivity index (χ3v) is 1.53. The topological polar surface area (TPSA) is 37.2 Å². The van der Waals surface area contributed by atoms with Crippen LogP contribution < -0.4 is 0 Å². The molecule has 56 valence electrons. The molecule has 0 aromatic carbocycles. The highest BCUT2D eigenvalue weighted by Gasteiger charge is 2.10. The van der Waals surface area contributed by atoms with Crippen LogP contribution in [0.2, 0.25) is 0 Å². The Hall–Kier alpha value is -0.900. The van der Waals surface area contributed by atoms with Crippen molar-refractivity contribution < 1.29 is 4.84 Å². The second-order valence-electron chi connectivity index (χ2n) is 2.11. The standard InChI is InChI=1S/C6H11N3O/c1-5-6(2)9(10-3)4-7-8-5/h4H2,1-3H3. The molecule has 4 heteroatoms. The third kappa shape index (κ3) is 1.16. The molecule has 0 saturated heterocycles. The summed E-state index contributed by atoms with van der Waals surface area (Å²) in [6.45, 7) is 4.36. The molecule has 1 heterocycles. The van der Waals surface area contributed by atoms with E-state index in [4.69, 9.17) is 4.84 Å². The molecule has 0 unspecified atom stereocenters. The molecule has 0 aliphatic carbocycles. The Labute approximate surface area is 60.1 Å². The molecule has 10 heavy (non-hydrogen) atoms. The summed E-state index contributed by atoms with van der Waals surface area (Å²) in [6.07, 6.45) is 0. The van der Waals surface area contributed by atoms with Crippen LogP contribution in [-0.4, -0.2) is 18.8 Å². The van der Waals surface area contributed by atoms with Gasteiger partial charge in [0.2, 0.25) is 0 Å². The molecule has 1 aliphatic heterocycles. The Kier molecular flexibility index (Phi) is 2.01. The molecule has 0 radical (unpaired) electrons. The number of hydrogen-bond acceptors (Lipinski definition) is 4. The number of azo groups is 1. The van der Waals surface area contributed by atoms with Gasteiger partial charge in [0.15, 0.2) is 6.67 Å². The van der Waals surface area contributed by atoms with Gasteiger partial charge in [0.25, 0.3) is 0 Å². The summed E-state index contributed by atoms with van der Waals surface area (Å²) in [5.74, 6) is 0. The summed E-state index contributed by atoms with van der Waals surface area (Å²) in [6, 6.07) is 0. The molecule has 0 fully saturated rings. The molecular weight excluding hydrogens is 130 g/mol. The van der Waals surface area contributed by atoms with Gasteiger partial charge < -0.3 is 0 Å². The zero-order valence-electron chi connectivity index (χ0n) is 6.46. The van der Waals surface area contributed by atoms with Crippen molar-refractivity contribution in [3.05, 3.63) is 11.4 Å². The second kappa shape index (κ2) is 2.79. The molecule has 0 aromatic rings. The number of rotatable bonds is 1. The quantitative estimate of drug-likeness (QED) is 0.555. The molecule has 0 saturated carbocycles. The van der Waals surface area contributed by atoms with Gasteiger partial charge in [0, 0.05) is 0 Å². The minimum atomic E-state index is 0.500. The van der Waals surface area contributed by atoms with Crippen LogP contribution in [0.1, 0.15) is 13.8 Å². The normalized spacial score (nSPS) is 18.5. The van der Waals surface area contributed by atoms with E-state index in [9.17, 15) is 0 Å². The molecule has 0 amide bonds. The average Bonchev–Trinajstić information content (AvgIpc) is 1.95. The monoisotopic (exact) mass is 141 g/mol. The highest BCUT2D eigenvalue weighted by molar-refractivity contribution is 5.06. The molecule has 4 nitrogen and oxygen atoms in total. The van der Waals surface area contributed by atoms with E-state index < -0.39 is 0 Å². The van der Waals surface area contributed by atoms with Crippen molar-refractivity contribution in [2.75, 3.05) is 13.8 Å². The average molecular weight is 141 g/mol. The van der Waals surface area contributed by atoms with Gasteiger partial charge in [-0.15, -0.1) is 0 Å². The summed E-state index contributed by atoms with van der Waals surface area (Å²) >= 11 is 0. The van der Waals surface area contributed by atoms with Crippen molar-refractivity contribution >= 4 is 0 Å². The molecule has 1 rings (SSSR count). The van der Waals surface area contributed by atoms with E-state index in [1.54, 1.807) is 12.2 Å². The predicted octanol–water partition coefficient (Wildman–Crippen LogP) is 1.52. The van der Waals surface area contributed by atoms with Crippen LogP contribution in [0.3, 0.4) is 0 Å². The van der Waals surface area contributed by atoms with Crippen molar-refractivity contribution in [2.24, 2.45) is 10.2 Å². The predicted molar refractivity (Wildman–Crippen MR) is 36.9 cm³/mol. The smallest absolute Gasteiger partial charge is 0.156 e. The van der Waals surface area contributed by atoms with Gasteiger partial charge >= 0.3 is 0 Å². The lowest BCUT2D eigenvalue weighted by Gasteiger charge is -2.22. The summed E-state index contributed by atoms with van der Waals surface area (Å²) in [5.41, 5.74) is 1.94. The van der Waals surface area contributed by atoms with Crippen molar-refractivity contribution in [1.82, 2.24) is 5.06 Å². The highest BCUT2D eigenvalue weighted by atomic mass is 16.7. The fraction of sp³-hybridized carbons (Fsp3) is 0.667. The molecule has 0 spiro atoms. The minimum absolute atomic E-state index is 0.500. The molecule has 0 atom stereocenters. The summed E-state index contributed by atoms with van der Waals surface area (Å²) in [7, 11) is 1.62. The molecule has 0 N–H and O–H groups in total. The van der Waals surface area contributed by atoms with Gasteiger partial charge in [-0.1, -0.05) is 0 Å². The molecule has 1 aliphatic rings. The van der Waals surface area contributed by atoms with Crippen LogP contribution in [0.15, 0.2) is 21.6 Å². The van der Waals surface area contributed by atoms with Gasteiger partial charge in [0.05, 0.1) is 18.5 Å². The third-order valence-electron chi connectivity index (χ3n) is 1.53. The fourth-order valence-electron chi connectivity index (χ4n) is 0.749. The molecular formula is C6H11N3O. The maximum Gasteiger partial charge on any atom is 0.156 e. The van der Waals surface area contributed by atoms with E-state index >= 15 is 0 Å². The SMILES string of the molecule is CON1CN=NC(C)=C1C. The molecule has 0 aromatic heterocycles. The van der Waals surface area contributed by atoms with Crippen molar-refractivity contribution in [3.63, 3.8) is 0 Å². The first-order valence-electron chi connectivity index (χ1n) is 3.12. The second-order valence-corrected chi connectivity index (χ2v) is 2.11. The van der Waals surface area contributed by atoms with Crippen LogP contribution in [0.25, 0.3) is 0 Å². The Morgan fingerprint density at radius 2 is 2.20 bits per heavy atom. The number of hydrogen-bond donors (Lipinski definition) is 0. The number of nitrogens with zero attached hydrogens (tertiary/aromatic N) is 3. The Bertz CT molecular complexity index is 185. The van der Waals surface area contributed by atoms with E-state index in [1.165, 1.54) is 0 Å². The van der Waals surface area contributed by atoms with Crippen molar-refractivity contribution in [1.29, 1.82) is 0 Å². The summed E-state index contributed by atoms with van der Waals surface area (Å²) in [4.78, 5) is 5.00. The zero-order chi connectivity index (χ0) is 7.56. The van der Waals surface area contributed by atoms with Gasteiger partial charge in [-0.25, -0.2) is 5.06 Å². The number of hydroxylamine groups is 2. The minimum Gasteiger partial charge on any atom is -0.275 e. The largest absolute Gasteiger partial charge is 0.275 e. The van der Waals surface area contributed by atoms with Crippen LogP contribution in [-0.2, 0) is 4.84 Å². The van der Waals surface area contributed by atoms with E-state index in [0.717, 1.165) is 11.4 Å². The van der Waals surface area contributed by atoms with Gasteiger partial charge in [-0.2, -0.15) is 10.2 Å². The first-order valence-corrected chi connectivity index (χ1v) is 3.12. The Morgan fingerprint density at radius 1 is 1.50 bits per heavy atom. The summed E-state index contributed by atoms with van der Waals surface area (Å²) < 4.78 is 0. The van der Waals surface area contributed by atoms with Crippen LogP contribution in [0, 0.1) is 0 Å². The van der Waals surface area contributed by atoms with Gasteiger partial charge in [-0.05, 0) is 13.8 Å². The Balaban J connectivity index is 2.77. The van der Waals surface area contributed by atoms with Crippen LogP contribution >= 0.6 is 0 Å². The van der Waals surface area contributed by atoms with Crippen LogP contribution in [0.5, 0.6) is 0 Å². The maximum absolute atomic E-state index is 5.00. The lowest BCUT2D eigenvalue weighted by atomic mass is 10.4. The lowest BCUT2D eigenvalue weighted by molar-refractivity contribution is -0.102. The highest BCUT2D eigenvalue weighted by Crippen LogP contribution is 2.15. The first-order chi connectivity index (χ1) is 4.75. The molecule has 0 bridgehead atoms.